The first kappa shape index (κ1) is 19.8. The van der Waals surface area contributed by atoms with E-state index in [4.69, 9.17) is 16.7 Å². The molecule has 1 aliphatic rings. The van der Waals surface area contributed by atoms with Crippen molar-refractivity contribution in [2.45, 2.75) is 20.4 Å². The minimum atomic E-state index is 0. The third-order valence-electron chi connectivity index (χ3n) is 4.43. The zero-order chi connectivity index (χ0) is 16.9. The van der Waals surface area contributed by atoms with Crippen LogP contribution in [-0.4, -0.2) is 41.8 Å². The SMILES string of the molecule is C/C(=N\N1CCN(Cc2ccc(C)cc2)CC1)c1ccccc1Cl.Cl. The second kappa shape index (κ2) is 9.23. The number of hydrogen-bond acceptors (Lipinski definition) is 3. The fourth-order valence-corrected chi connectivity index (χ4v) is 3.24. The highest BCUT2D eigenvalue weighted by atomic mass is 35.5. The van der Waals surface area contributed by atoms with Gasteiger partial charge in [0, 0.05) is 43.3 Å². The van der Waals surface area contributed by atoms with Gasteiger partial charge < -0.3 is 0 Å². The molecule has 2 aromatic rings. The van der Waals surface area contributed by atoms with Crippen molar-refractivity contribution in [2.75, 3.05) is 26.2 Å². The summed E-state index contributed by atoms with van der Waals surface area (Å²) in [6, 6.07) is 16.7. The van der Waals surface area contributed by atoms with E-state index in [-0.39, 0.29) is 12.4 Å². The van der Waals surface area contributed by atoms with Crippen molar-refractivity contribution < 1.29 is 0 Å². The third-order valence-corrected chi connectivity index (χ3v) is 4.76. The topological polar surface area (TPSA) is 18.8 Å². The van der Waals surface area contributed by atoms with E-state index in [0.29, 0.717) is 0 Å². The minimum Gasteiger partial charge on any atom is -0.295 e. The highest BCUT2D eigenvalue weighted by Crippen LogP contribution is 2.17. The molecule has 1 saturated heterocycles. The zero-order valence-corrected chi connectivity index (χ0v) is 16.4. The number of hydrogen-bond donors (Lipinski definition) is 0. The number of rotatable bonds is 4. The van der Waals surface area contributed by atoms with Crippen molar-refractivity contribution in [1.29, 1.82) is 0 Å². The summed E-state index contributed by atoms with van der Waals surface area (Å²) in [4.78, 5) is 2.49. The summed E-state index contributed by atoms with van der Waals surface area (Å²) in [6.45, 7) is 9.14. The third kappa shape index (κ3) is 5.46. The molecule has 25 heavy (non-hydrogen) atoms. The lowest BCUT2D eigenvalue weighted by atomic mass is 10.1. The maximum atomic E-state index is 6.25. The van der Waals surface area contributed by atoms with Gasteiger partial charge in [-0.05, 0) is 25.5 Å². The maximum absolute atomic E-state index is 6.25. The molecule has 0 unspecified atom stereocenters. The Labute approximate surface area is 161 Å². The number of benzene rings is 2. The van der Waals surface area contributed by atoms with Crippen LogP contribution in [0.3, 0.4) is 0 Å². The first-order valence-corrected chi connectivity index (χ1v) is 8.82. The molecule has 1 fully saturated rings. The van der Waals surface area contributed by atoms with Crippen molar-refractivity contribution in [1.82, 2.24) is 9.91 Å². The molecule has 3 rings (SSSR count). The van der Waals surface area contributed by atoms with Gasteiger partial charge in [0.05, 0.1) is 5.71 Å². The fraction of sp³-hybridized carbons (Fsp3) is 0.350. The summed E-state index contributed by atoms with van der Waals surface area (Å²) in [5.74, 6) is 0. The van der Waals surface area contributed by atoms with Crippen molar-refractivity contribution in [3.8, 4) is 0 Å². The second-order valence-corrected chi connectivity index (χ2v) is 6.79. The first-order valence-electron chi connectivity index (χ1n) is 8.45. The Morgan fingerprint density at radius 2 is 1.64 bits per heavy atom. The minimum absolute atomic E-state index is 0. The summed E-state index contributed by atoms with van der Waals surface area (Å²) in [5, 5.41) is 7.68. The molecule has 1 heterocycles. The first-order chi connectivity index (χ1) is 11.6. The van der Waals surface area contributed by atoms with E-state index in [1.54, 1.807) is 0 Å². The van der Waals surface area contributed by atoms with Gasteiger partial charge in [0.2, 0.25) is 0 Å². The monoisotopic (exact) mass is 377 g/mol. The van der Waals surface area contributed by atoms with Gasteiger partial charge in [-0.1, -0.05) is 59.6 Å². The van der Waals surface area contributed by atoms with Gasteiger partial charge in [0.1, 0.15) is 0 Å². The maximum Gasteiger partial charge on any atom is 0.0661 e. The van der Waals surface area contributed by atoms with Crippen molar-refractivity contribution in [2.24, 2.45) is 5.10 Å². The van der Waals surface area contributed by atoms with E-state index in [0.717, 1.165) is 49.0 Å². The molecule has 0 amide bonds. The standard InChI is InChI=1S/C20H24ClN3.ClH/c1-16-7-9-18(10-8-16)15-23-11-13-24(14-12-23)22-17(2)19-5-3-4-6-20(19)21;/h3-10H,11-15H2,1-2H3;1H/b22-17+;. The Morgan fingerprint density at radius 3 is 2.28 bits per heavy atom. The van der Waals surface area contributed by atoms with Gasteiger partial charge >= 0.3 is 0 Å². The second-order valence-electron chi connectivity index (χ2n) is 6.38. The van der Waals surface area contributed by atoms with E-state index < -0.39 is 0 Å². The van der Waals surface area contributed by atoms with Gasteiger partial charge in [-0.15, -0.1) is 12.4 Å². The molecule has 0 radical (unpaired) electrons. The fourth-order valence-electron chi connectivity index (χ4n) is 2.97. The molecule has 1 aliphatic heterocycles. The Kier molecular flexibility index (Phi) is 7.30. The van der Waals surface area contributed by atoms with Crippen LogP contribution in [0.25, 0.3) is 0 Å². The van der Waals surface area contributed by atoms with Gasteiger partial charge in [0.15, 0.2) is 0 Å². The van der Waals surface area contributed by atoms with Gasteiger partial charge in [-0.3, -0.25) is 9.91 Å². The number of piperazine rings is 1. The molecule has 0 bridgehead atoms. The predicted molar refractivity (Wildman–Crippen MR) is 109 cm³/mol. The Balaban J connectivity index is 0.00000225. The van der Waals surface area contributed by atoms with Crippen LogP contribution in [0.15, 0.2) is 53.6 Å². The van der Waals surface area contributed by atoms with Crippen molar-refractivity contribution in [3.05, 3.63) is 70.2 Å². The normalized spacial score (nSPS) is 15.8. The van der Waals surface area contributed by atoms with E-state index in [1.165, 1.54) is 11.1 Å². The lowest BCUT2D eigenvalue weighted by molar-refractivity contribution is 0.130. The van der Waals surface area contributed by atoms with E-state index in [2.05, 4.69) is 41.1 Å². The molecule has 2 aromatic carbocycles. The number of hydrazone groups is 1. The molecule has 0 aliphatic carbocycles. The van der Waals surface area contributed by atoms with Crippen LogP contribution in [-0.2, 0) is 6.54 Å². The Morgan fingerprint density at radius 1 is 1.00 bits per heavy atom. The molecule has 3 nitrogen and oxygen atoms in total. The highest BCUT2D eigenvalue weighted by Gasteiger charge is 2.16. The predicted octanol–water partition coefficient (Wildman–Crippen LogP) is 4.61. The molecule has 134 valence electrons. The lowest BCUT2D eigenvalue weighted by Crippen LogP contribution is -2.43. The lowest BCUT2D eigenvalue weighted by Gasteiger charge is -2.33. The van der Waals surface area contributed by atoms with Crippen molar-refractivity contribution >= 4 is 29.7 Å². The van der Waals surface area contributed by atoms with Gasteiger partial charge in [0.25, 0.3) is 0 Å². The van der Waals surface area contributed by atoms with Crippen LogP contribution >= 0.6 is 24.0 Å². The number of nitrogens with zero attached hydrogens (tertiary/aromatic N) is 3. The zero-order valence-electron chi connectivity index (χ0n) is 14.8. The largest absolute Gasteiger partial charge is 0.295 e. The smallest absolute Gasteiger partial charge is 0.0661 e. The molecule has 0 N–H and O–H groups in total. The molecule has 0 spiro atoms. The van der Waals surface area contributed by atoms with Crippen molar-refractivity contribution in [3.63, 3.8) is 0 Å². The van der Waals surface area contributed by atoms with Crippen LogP contribution in [0, 0.1) is 6.92 Å². The molecule has 0 aromatic heterocycles. The average Bonchev–Trinajstić information content (AvgIpc) is 2.59. The number of halogens is 2. The van der Waals surface area contributed by atoms with E-state index in [9.17, 15) is 0 Å². The quantitative estimate of drug-likeness (QED) is 0.724. The summed E-state index contributed by atoms with van der Waals surface area (Å²) < 4.78 is 0. The van der Waals surface area contributed by atoms with Gasteiger partial charge in [-0.25, -0.2) is 0 Å². The van der Waals surface area contributed by atoms with E-state index in [1.807, 2.05) is 31.2 Å². The molecule has 0 atom stereocenters. The summed E-state index contributed by atoms with van der Waals surface area (Å²) in [5.41, 5.74) is 4.69. The average molecular weight is 378 g/mol. The van der Waals surface area contributed by atoms with Crippen LogP contribution in [0.2, 0.25) is 5.02 Å². The van der Waals surface area contributed by atoms with Crippen LogP contribution in [0.1, 0.15) is 23.6 Å². The molecular formula is C20H25Cl2N3. The molecule has 0 saturated carbocycles. The summed E-state index contributed by atoms with van der Waals surface area (Å²) in [6.07, 6.45) is 0. The Hall–Kier alpha value is -1.55. The van der Waals surface area contributed by atoms with Crippen LogP contribution < -0.4 is 0 Å². The molecular weight excluding hydrogens is 353 g/mol. The van der Waals surface area contributed by atoms with Gasteiger partial charge in [-0.2, -0.15) is 5.10 Å². The summed E-state index contributed by atoms with van der Waals surface area (Å²) in [7, 11) is 0. The molecule has 5 heteroatoms. The summed E-state index contributed by atoms with van der Waals surface area (Å²) >= 11 is 6.25. The number of aryl methyl sites for hydroxylation is 1. The highest BCUT2D eigenvalue weighted by molar-refractivity contribution is 6.34. The van der Waals surface area contributed by atoms with E-state index >= 15 is 0 Å². The Bertz CT molecular complexity index is 705. The van der Waals surface area contributed by atoms with Crippen LogP contribution in [0.5, 0.6) is 0 Å². The van der Waals surface area contributed by atoms with Crippen LogP contribution in [0.4, 0.5) is 0 Å².